The molecule has 2 aromatic rings. The van der Waals surface area contributed by atoms with Gasteiger partial charge in [0.15, 0.2) is 6.35 Å². The van der Waals surface area contributed by atoms with Gasteiger partial charge in [-0.05, 0) is 30.0 Å². The number of rotatable bonds is 5. The molecular formula is C29H37N3O4. The lowest BCUT2D eigenvalue weighted by molar-refractivity contribution is -0.134. The molecule has 2 saturated heterocycles. The lowest BCUT2D eigenvalue weighted by atomic mass is 9.82. The summed E-state index contributed by atoms with van der Waals surface area (Å²) in [6.45, 7) is 6.97. The van der Waals surface area contributed by atoms with Gasteiger partial charge in [-0.2, -0.15) is 0 Å². The Morgan fingerprint density at radius 3 is 2.47 bits per heavy atom. The zero-order valence-electron chi connectivity index (χ0n) is 21.7. The van der Waals surface area contributed by atoms with E-state index >= 15 is 0 Å². The van der Waals surface area contributed by atoms with Gasteiger partial charge in [0, 0.05) is 49.4 Å². The largest absolute Gasteiger partial charge is 0.497 e. The predicted octanol–water partition coefficient (Wildman–Crippen LogP) is 3.72. The molecule has 0 aromatic heterocycles. The van der Waals surface area contributed by atoms with Crippen molar-refractivity contribution in [1.82, 2.24) is 14.7 Å². The average molecular weight is 492 g/mol. The molecule has 7 heteroatoms. The second-order valence-corrected chi connectivity index (χ2v) is 10.1. The lowest BCUT2D eigenvalue weighted by Crippen LogP contribution is -2.55. The van der Waals surface area contributed by atoms with Gasteiger partial charge >= 0.3 is 0 Å². The average Bonchev–Trinajstić information content (AvgIpc) is 3.00. The van der Waals surface area contributed by atoms with Gasteiger partial charge in [-0.15, -0.1) is 0 Å². The fourth-order valence-electron chi connectivity index (χ4n) is 6.46. The molecule has 0 bridgehead atoms. The van der Waals surface area contributed by atoms with E-state index in [1.54, 1.807) is 14.2 Å². The van der Waals surface area contributed by atoms with Crippen molar-refractivity contribution in [3.63, 3.8) is 0 Å². The highest BCUT2D eigenvalue weighted by Gasteiger charge is 2.55. The second kappa shape index (κ2) is 9.79. The Hall–Kier alpha value is -3.03. The van der Waals surface area contributed by atoms with Gasteiger partial charge in [0.05, 0.1) is 26.2 Å². The smallest absolute Gasteiger partial charge is 0.226 e. The van der Waals surface area contributed by atoms with Gasteiger partial charge in [-0.3, -0.25) is 4.79 Å². The van der Waals surface area contributed by atoms with Gasteiger partial charge < -0.3 is 24.4 Å². The first kappa shape index (κ1) is 24.7. The fourth-order valence-corrected chi connectivity index (χ4v) is 6.46. The third-order valence-corrected chi connectivity index (χ3v) is 8.24. The van der Waals surface area contributed by atoms with Crippen molar-refractivity contribution in [3.8, 4) is 11.5 Å². The maximum Gasteiger partial charge on any atom is 0.226 e. The van der Waals surface area contributed by atoms with Gasteiger partial charge in [-0.25, -0.2) is 4.90 Å². The van der Waals surface area contributed by atoms with E-state index in [9.17, 15) is 9.90 Å². The molecule has 1 amide bonds. The standard InChI is InChI=1S/C29H37N3O4/c1-5-32-28(34)31-19-22-17-23(35-3)18-24(36-4)27(22)20(2)15-25(31)29(32)11-13-30(14-12-29)26(33)16-21-9-7-6-8-10-21/h6-10,15,17-18,20,28,34H,5,11-14,16,19H2,1-4H3. The third-order valence-electron chi connectivity index (χ3n) is 8.24. The second-order valence-electron chi connectivity index (χ2n) is 10.1. The highest BCUT2D eigenvalue weighted by molar-refractivity contribution is 5.79. The van der Waals surface area contributed by atoms with Gasteiger partial charge in [0.2, 0.25) is 5.91 Å². The monoisotopic (exact) mass is 491 g/mol. The molecule has 3 aliphatic heterocycles. The molecule has 5 rings (SSSR count). The number of ether oxygens (including phenoxy) is 2. The number of aliphatic hydroxyl groups excluding tert-OH is 1. The van der Waals surface area contributed by atoms with Crippen molar-refractivity contribution < 1.29 is 19.4 Å². The van der Waals surface area contributed by atoms with Gasteiger partial charge in [0.1, 0.15) is 11.5 Å². The molecule has 192 valence electrons. The van der Waals surface area contributed by atoms with Crippen LogP contribution < -0.4 is 9.47 Å². The highest BCUT2D eigenvalue weighted by atomic mass is 16.5. The predicted molar refractivity (Wildman–Crippen MR) is 139 cm³/mol. The Labute approximate surface area is 213 Å². The van der Waals surface area contributed by atoms with Crippen LogP contribution in [0.15, 0.2) is 54.2 Å². The van der Waals surface area contributed by atoms with Crippen LogP contribution in [0, 0.1) is 0 Å². The Balaban J connectivity index is 1.44. The number of carbonyl (C=O) groups excluding carboxylic acids is 1. The van der Waals surface area contributed by atoms with Crippen molar-refractivity contribution in [2.75, 3.05) is 33.9 Å². The summed E-state index contributed by atoms with van der Waals surface area (Å²) in [5, 5.41) is 11.5. The molecule has 0 aliphatic carbocycles. The first-order valence-corrected chi connectivity index (χ1v) is 12.9. The zero-order valence-corrected chi connectivity index (χ0v) is 21.7. The van der Waals surface area contributed by atoms with Crippen LogP contribution in [-0.2, 0) is 17.8 Å². The Morgan fingerprint density at radius 2 is 1.83 bits per heavy atom. The SMILES string of the molecule is CCN1C(O)N2Cc3cc(OC)cc(OC)c3C(C)C=C2C12CCN(C(=O)Cc1ccccc1)CC2. The molecule has 2 fully saturated rings. The van der Waals surface area contributed by atoms with E-state index in [1.165, 1.54) is 0 Å². The molecule has 0 radical (unpaired) electrons. The number of hydrogen-bond acceptors (Lipinski definition) is 6. The van der Waals surface area contributed by atoms with E-state index < -0.39 is 6.35 Å². The summed E-state index contributed by atoms with van der Waals surface area (Å²) >= 11 is 0. The van der Waals surface area contributed by atoms with E-state index in [0.717, 1.165) is 53.3 Å². The third kappa shape index (κ3) is 4.04. The summed E-state index contributed by atoms with van der Waals surface area (Å²) in [6, 6.07) is 13.9. The van der Waals surface area contributed by atoms with Gasteiger partial charge in [-0.1, -0.05) is 50.3 Å². The number of allylic oxidation sites excluding steroid dienone is 1. The van der Waals surface area contributed by atoms with E-state index in [4.69, 9.17) is 9.47 Å². The van der Waals surface area contributed by atoms with Crippen LogP contribution in [0.5, 0.6) is 11.5 Å². The normalized spacial score (nSPS) is 23.1. The number of methoxy groups -OCH3 is 2. The van der Waals surface area contributed by atoms with Crippen LogP contribution in [0.2, 0.25) is 0 Å². The molecule has 3 heterocycles. The van der Waals surface area contributed by atoms with Crippen LogP contribution in [0.25, 0.3) is 0 Å². The molecule has 2 atom stereocenters. The maximum atomic E-state index is 13.1. The molecule has 2 unspecified atom stereocenters. The van der Waals surface area contributed by atoms with Crippen LogP contribution in [0.1, 0.15) is 49.3 Å². The van der Waals surface area contributed by atoms with Crippen LogP contribution in [-0.4, -0.2) is 71.5 Å². The van der Waals surface area contributed by atoms with E-state index in [-0.39, 0.29) is 17.4 Å². The molecule has 1 spiro atoms. The minimum atomic E-state index is -0.719. The number of benzene rings is 2. The van der Waals surface area contributed by atoms with Crippen molar-refractivity contribution in [2.45, 2.75) is 57.5 Å². The number of likely N-dealkylation sites (N-methyl/N-ethyl adjacent to an activating group) is 1. The van der Waals surface area contributed by atoms with Gasteiger partial charge in [0.25, 0.3) is 0 Å². The molecule has 36 heavy (non-hydrogen) atoms. The highest BCUT2D eigenvalue weighted by Crippen LogP contribution is 2.49. The maximum absolute atomic E-state index is 13.1. The molecule has 0 saturated carbocycles. The lowest BCUT2D eigenvalue weighted by Gasteiger charge is -2.45. The first-order valence-electron chi connectivity index (χ1n) is 12.9. The Morgan fingerprint density at radius 1 is 1.11 bits per heavy atom. The number of aliphatic hydroxyl groups is 1. The van der Waals surface area contributed by atoms with Crippen molar-refractivity contribution >= 4 is 5.91 Å². The summed E-state index contributed by atoms with van der Waals surface area (Å²) in [5.41, 5.74) is 4.15. The summed E-state index contributed by atoms with van der Waals surface area (Å²) in [7, 11) is 3.36. The molecule has 2 aromatic carbocycles. The summed E-state index contributed by atoms with van der Waals surface area (Å²) < 4.78 is 11.3. The van der Waals surface area contributed by atoms with Crippen molar-refractivity contribution in [3.05, 3.63) is 70.9 Å². The summed E-state index contributed by atoms with van der Waals surface area (Å²) in [4.78, 5) is 19.4. The minimum Gasteiger partial charge on any atom is -0.497 e. The van der Waals surface area contributed by atoms with E-state index in [1.807, 2.05) is 41.3 Å². The Bertz CT molecular complexity index is 1140. The Kier molecular flexibility index (Phi) is 6.70. The molecule has 7 nitrogen and oxygen atoms in total. The number of hydrogen-bond donors (Lipinski definition) is 1. The first-order chi connectivity index (χ1) is 17.4. The zero-order chi connectivity index (χ0) is 25.4. The number of amides is 1. The summed E-state index contributed by atoms with van der Waals surface area (Å²) in [6.07, 6.45) is 3.61. The van der Waals surface area contributed by atoms with Crippen LogP contribution in [0.3, 0.4) is 0 Å². The minimum absolute atomic E-state index is 0.111. The van der Waals surface area contributed by atoms with Crippen molar-refractivity contribution in [1.29, 1.82) is 0 Å². The number of piperidine rings is 1. The molecule has 3 aliphatic rings. The molecular weight excluding hydrogens is 454 g/mol. The number of likely N-dealkylation sites (tertiary alicyclic amines) is 1. The van der Waals surface area contributed by atoms with Crippen LogP contribution in [0.4, 0.5) is 0 Å². The summed E-state index contributed by atoms with van der Waals surface area (Å²) in [5.74, 6) is 1.84. The number of nitrogens with zero attached hydrogens (tertiary/aromatic N) is 3. The van der Waals surface area contributed by atoms with Crippen molar-refractivity contribution in [2.24, 2.45) is 0 Å². The fraction of sp³-hybridized carbons (Fsp3) is 0.483. The van der Waals surface area contributed by atoms with Crippen LogP contribution >= 0.6 is 0 Å². The van der Waals surface area contributed by atoms with E-state index in [0.29, 0.717) is 26.1 Å². The number of carbonyl (C=O) groups is 1. The van der Waals surface area contributed by atoms with E-state index in [2.05, 4.69) is 35.8 Å². The molecule has 1 N–H and O–H groups in total. The topological polar surface area (TPSA) is 65.5 Å². The number of fused-ring (bicyclic) bond motifs is 3. The quantitative estimate of drug-likeness (QED) is 0.688.